The normalized spacial score (nSPS) is 16.5. The van der Waals surface area contributed by atoms with E-state index in [2.05, 4.69) is 0 Å². The molecule has 1 aromatic carbocycles. The van der Waals surface area contributed by atoms with E-state index in [1.807, 2.05) is 0 Å². The number of rotatable bonds is 1. The fourth-order valence-corrected chi connectivity index (χ4v) is 1.57. The maximum absolute atomic E-state index is 10.8. The van der Waals surface area contributed by atoms with Crippen molar-refractivity contribution < 1.29 is 14.4 Å². The predicted molar refractivity (Wildman–Crippen MR) is 53.2 cm³/mol. The third kappa shape index (κ3) is 1.60. The van der Waals surface area contributed by atoms with Crippen molar-refractivity contribution in [3.8, 4) is 11.5 Å². The fourth-order valence-electron chi connectivity index (χ4n) is 1.57. The molecule has 0 unspecified atom stereocenters. The van der Waals surface area contributed by atoms with Crippen LogP contribution in [0.1, 0.15) is 19.4 Å². The first kappa shape index (κ1) is 9.76. The molecule has 80 valence electrons. The number of nitro benzene ring substituents is 1. The van der Waals surface area contributed by atoms with Crippen molar-refractivity contribution in [2.45, 2.75) is 26.6 Å². The molecule has 1 heterocycles. The number of fused-ring (bicyclic) bond motifs is 1. The molecule has 1 aliphatic rings. The minimum Gasteiger partial charge on any atom is -0.449 e. The molecule has 0 N–H and O–H groups in total. The summed E-state index contributed by atoms with van der Waals surface area (Å²) in [6.07, 6.45) is 0. The molecular formula is C10H11NO4. The lowest BCUT2D eigenvalue weighted by Crippen LogP contribution is -2.29. The van der Waals surface area contributed by atoms with Gasteiger partial charge in [-0.3, -0.25) is 10.1 Å². The zero-order valence-corrected chi connectivity index (χ0v) is 8.73. The summed E-state index contributed by atoms with van der Waals surface area (Å²) < 4.78 is 10.8. The molecule has 0 aliphatic carbocycles. The van der Waals surface area contributed by atoms with Crippen LogP contribution >= 0.6 is 0 Å². The zero-order chi connectivity index (χ0) is 11.2. The second-order valence-electron chi connectivity index (χ2n) is 3.97. The molecular weight excluding hydrogens is 198 g/mol. The largest absolute Gasteiger partial charge is 0.449 e. The summed E-state index contributed by atoms with van der Waals surface area (Å²) in [5.74, 6) is -0.178. The van der Waals surface area contributed by atoms with E-state index in [4.69, 9.17) is 9.47 Å². The van der Waals surface area contributed by atoms with Crippen molar-refractivity contribution in [1.82, 2.24) is 0 Å². The van der Waals surface area contributed by atoms with Crippen LogP contribution in [-0.2, 0) is 0 Å². The highest BCUT2D eigenvalue weighted by Gasteiger charge is 2.37. The number of benzene rings is 1. The monoisotopic (exact) mass is 209 g/mol. The fraction of sp³-hybridized carbons (Fsp3) is 0.400. The van der Waals surface area contributed by atoms with Crippen LogP contribution in [0, 0.1) is 17.0 Å². The summed E-state index contributed by atoms with van der Waals surface area (Å²) in [6.45, 7) is 5.21. The molecule has 5 heteroatoms. The molecule has 0 radical (unpaired) electrons. The Morgan fingerprint density at radius 2 is 2.00 bits per heavy atom. The minimum atomic E-state index is -0.832. The molecule has 0 amide bonds. The van der Waals surface area contributed by atoms with E-state index >= 15 is 0 Å². The molecule has 5 nitrogen and oxygen atoms in total. The Morgan fingerprint density at radius 3 is 2.60 bits per heavy atom. The van der Waals surface area contributed by atoms with Gasteiger partial charge in [-0.1, -0.05) is 0 Å². The smallest absolute Gasteiger partial charge is 0.315 e. The molecule has 0 bridgehead atoms. The van der Waals surface area contributed by atoms with Crippen LogP contribution in [0.3, 0.4) is 0 Å². The van der Waals surface area contributed by atoms with Gasteiger partial charge in [0.25, 0.3) is 0 Å². The quantitative estimate of drug-likeness (QED) is 0.526. The van der Waals surface area contributed by atoms with Gasteiger partial charge < -0.3 is 9.47 Å². The molecule has 1 aliphatic heterocycles. The second kappa shape index (κ2) is 2.85. The summed E-state index contributed by atoms with van der Waals surface area (Å²) in [5.41, 5.74) is 0.734. The molecule has 0 atom stereocenters. The van der Waals surface area contributed by atoms with Gasteiger partial charge in [0.05, 0.1) is 4.92 Å². The lowest BCUT2D eigenvalue weighted by atomic mass is 10.2. The van der Waals surface area contributed by atoms with Gasteiger partial charge in [-0.05, 0) is 18.6 Å². The highest BCUT2D eigenvalue weighted by molar-refractivity contribution is 5.59. The first-order valence-electron chi connectivity index (χ1n) is 4.56. The summed E-state index contributed by atoms with van der Waals surface area (Å²) in [6, 6.07) is 3.21. The van der Waals surface area contributed by atoms with E-state index in [0.29, 0.717) is 5.75 Å². The Hall–Kier alpha value is -1.78. The predicted octanol–water partition coefficient (Wildman–Crippen LogP) is 2.41. The maximum atomic E-state index is 10.8. The number of nitrogens with zero attached hydrogens (tertiary/aromatic N) is 1. The molecule has 0 aromatic heterocycles. The Morgan fingerprint density at radius 1 is 1.33 bits per heavy atom. The first-order chi connectivity index (χ1) is 6.89. The van der Waals surface area contributed by atoms with Crippen LogP contribution in [0.15, 0.2) is 12.1 Å². The van der Waals surface area contributed by atoms with Gasteiger partial charge in [-0.2, -0.15) is 0 Å². The van der Waals surface area contributed by atoms with Gasteiger partial charge in [-0.25, -0.2) is 0 Å². The van der Waals surface area contributed by atoms with Crippen LogP contribution in [0.5, 0.6) is 11.5 Å². The molecule has 1 aromatic rings. The van der Waals surface area contributed by atoms with Crippen LogP contribution in [0.4, 0.5) is 5.69 Å². The summed E-state index contributed by atoms with van der Waals surface area (Å²) in [4.78, 5) is 10.3. The number of hydrogen-bond acceptors (Lipinski definition) is 4. The first-order valence-corrected chi connectivity index (χ1v) is 4.56. The molecule has 15 heavy (non-hydrogen) atoms. The second-order valence-corrected chi connectivity index (χ2v) is 3.97. The average molecular weight is 209 g/mol. The topological polar surface area (TPSA) is 61.6 Å². The Labute approximate surface area is 86.8 Å². The van der Waals surface area contributed by atoms with E-state index in [-0.39, 0.29) is 11.4 Å². The number of nitro groups is 1. The summed E-state index contributed by atoms with van der Waals surface area (Å²) in [5, 5.41) is 10.8. The van der Waals surface area contributed by atoms with Crippen LogP contribution in [0.25, 0.3) is 0 Å². The van der Waals surface area contributed by atoms with Crippen molar-refractivity contribution in [1.29, 1.82) is 0 Å². The van der Waals surface area contributed by atoms with Crippen molar-refractivity contribution in [3.05, 3.63) is 27.8 Å². The third-order valence-electron chi connectivity index (χ3n) is 2.08. The van der Waals surface area contributed by atoms with Gasteiger partial charge in [0.1, 0.15) is 0 Å². The highest BCUT2D eigenvalue weighted by atomic mass is 16.7. The Bertz CT molecular complexity index is 439. The minimum absolute atomic E-state index is 0.0458. The van der Waals surface area contributed by atoms with Gasteiger partial charge in [-0.15, -0.1) is 0 Å². The van der Waals surface area contributed by atoms with Crippen molar-refractivity contribution in [2.75, 3.05) is 0 Å². The average Bonchev–Trinajstić information content (AvgIpc) is 2.36. The SMILES string of the molecule is Cc1cc2c(c([N+](=O)[O-])c1)OC(C)(C)O2. The van der Waals surface area contributed by atoms with Crippen molar-refractivity contribution >= 4 is 5.69 Å². The molecule has 0 saturated carbocycles. The maximum Gasteiger partial charge on any atom is 0.315 e. The molecule has 2 rings (SSSR count). The van der Waals surface area contributed by atoms with E-state index in [1.54, 1.807) is 26.8 Å². The van der Waals surface area contributed by atoms with Crippen molar-refractivity contribution in [3.63, 3.8) is 0 Å². The molecule has 0 saturated heterocycles. The van der Waals surface area contributed by atoms with Gasteiger partial charge in [0.15, 0.2) is 5.75 Å². The summed E-state index contributed by atoms with van der Waals surface area (Å²) in [7, 11) is 0. The molecule has 0 fully saturated rings. The van der Waals surface area contributed by atoms with E-state index in [9.17, 15) is 10.1 Å². The number of hydrogen-bond donors (Lipinski definition) is 0. The van der Waals surface area contributed by atoms with E-state index < -0.39 is 10.7 Å². The zero-order valence-electron chi connectivity index (χ0n) is 8.73. The lowest BCUT2D eigenvalue weighted by Gasteiger charge is -2.15. The van der Waals surface area contributed by atoms with Gasteiger partial charge in [0, 0.05) is 19.9 Å². The van der Waals surface area contributed by atoms with Crippen molar-refractivity contribution in [2.24, 2.45) is 0 Å². The third-order valence-corrected chi connectivity index (χ3v) is 2.08. The summed E-state index contributed by atoms with van der Waals surface area (Å²) >= 11 is 0. The van der Waals surface area contributed by atoms with E-state index in [1.165, 1.54) is 6.07 Å². The lowest BCUT2D eigenvalue weighted by molar-refractivity contribution is -0.386. The van der Waals surface area contributed by atoms with Gasteiger partial charge in [0.2, 0.25) is 11.5 Å². The Kier molecular flexibility index (Phi) is 1.86. The van der Waals surface area contributed by atoms with Crippen LogP contribution < -0.4 is 9.47 Å². The van der Waals surface area contributed by atoms with Crippen LogP contribution in [0.2, 0.25) is 0 Å². The van der Waals surface area contributed by atoms with E-state index in [0.717, 1.165) is 5.56 Å². The standard InChI is InChI=1S/C10H11NO4/c1-6-4-7(11(12)13)9-8(5-6)14-10(2,3)15-9/h4-5H,1-3H3. The van der Waals surface area contributed by atoms with Crippen LogP contribution in [-0.4, -0.2) is 10.7 Å². The highest BCUT2D eigenvalue weighted by Crippen LogP contribution is 2.46. The van der Waals surface area contributed by atoms with Gasteiger partial charge >= 0.3 is 5.69 Å². The number of ether oxygens (including phenoxy) is 2. The molecule has 0 spiro atoms. The Balaban J connectivity index is 2.58. The number of aryl methyl sites for hydroxylation is 1.